The van der Waals surface area contributed by atoms with Gasteiger partial charge in [-0.1, -0.05) is 28.9 Å². The molecule has 1 amide bonds. The lowest BCUT2D eigenvalue weighted by atomic mass is 10.1. The minimum Gasteiger partial charge on any atom is -0.349 e. The first kappa shape index (κ1) is 14.6. The van der Waals surface area contributed by atoms with E-state index in [1.165, 1.54) is 6.07 Å². The van der Waals surface area contributed by atoms with Crippen molar-refractivity contribution in [3.05, 3.63) is 34.1 Å². The summed E-state index contributed by atoms with van der Waals surface area (Å²) in [6, 6.07) is 4.67. The average Bonchev–Trinajstić information content (AvgIpc) is 2.31. The normalized spacial score (nSPS) is 14.2. The van der Waals surface area contributed by atoms with E-state index in [1.807, 2.05) is 13.8 Å². The summed E-state index contributed by atoms with van der Waals surface area (Å²) < 4.78 is 14.0. The summed E-state index contributed by atoms with van der Waals surface area (Å²) in [4.78, 5) is 11.9. The number of halogens is 3. The first-order valence-corrected chi connectivity index (χ1v) is 7.19. The highest BCUT2D eigenvalue weighted by Crippen LogP contribution is 2.18. The lowest BCUT2D eigenvalue weighted by Crippen LogP contribution is -2.38. The lowest BCUT2D eigenvalue weighted by molar-refractivity contribution is 0.0927. The number of alkyl halides is 1. The van der Waals surface area contributed by atoms with E-state index in [0.29, 0.717) is 4.47 Å². The van der Waals surface area contributed by atoms with Crippen LogP contribution in [0.4, 0.5) is 4.39 Å². The second-order valence-corrected chi connectivity index (χ2v) is 5.50. The van der Waals surface area contributed by atoms with E-state index in [9.17, 15) is 9.18 Å². The van der Waals surface area contributed by atoms with Crippen molar-refractivity contribution in [3.8, 4) is 0 Å². The van der Waals surface area contributed by atoms with Crippen molar-refractivity contribution in [2.75, 3.05) is 5.33 Å². The van der Waals surface area contributed by atoms with Crippen molar-refractivity contribution < 1.29 is 9.18 Å². The van der Waals surface area contributed by atoms with Crippen LogP contribution in [-0.2, 0) is 0 Å². The molecule has 2 atom stereocenters. The minimum atomic E-state index is -0.524. The zero-order chi connectivity index (χ0) is 13.0. The van der Waals surface area contributed by atoms with Gasteiger partial charge in [0.05, 0.1) is 10.0 Å². The summed E-state index contributed by atoms with van der Waals surface area (Å²) in [6.45, 7) is 3.91. The smallest absolute Gasteiger partial charge is 0.254 e. The van der Waals surface area contributed by atoms with Gasteiger partial charge in [0.15, 0.2) is 0 Å². The Kier molecular flexibility index (Phi) is 5.59. The van der Waals surface area contributed by atoms with E-state index in [0.717, 1.165) is 5.33 Å². The summed E-state index contributed by atoms with van der Waals surface area (Å²) in [7, 11) is 0. The molecule has 1 aromatic carbocycles. The average molecular weight is 367 g/mol. The van der Waals surface area contributed by atoms with Crippen molar-refractivity contribution >= 4 is 37.8 Å². The van der Waals surface area contributed by atoms with Crippen molar-refractivity contribution in [2.24, 2.45) is 5.92 Å². The molecule has 94 valence electrons. The highest BCUT2D eigenvalue weighted by molar-refractivity contribution is 9.10. The first-order valence-electron chi connectivity index (χ1n) is 5.28. The molecule has 2 unspecified atom stereocenters. The zero-order valence-corrected chi connectivity index (χ0v) is 12.8. The largest absolute Gasteiger partial charge is 0.349 e. The molecule has 0 aliphatic carbocycles. The molecule has 1 N–H and O–H groups in total. The molecule has 1 rings (SSSR count). The molecule has 0 heterocycles. The summed E-state index contributed by atoms with van der Waals surface area (Å²) in [5, 5.41) is 3.57. The van der Waals surface area contributed by atoms with Gasteiger partial charge in [-0.2, -0.15) is 0 Å². The van der Waals surface area contributed by atoms with Gasteiger partial charge in [0.2, 0.25) is 0 Å². The molecule has 0 radical (unpaired) electrons. The monoisotopic (exact) mass is 365 g/mol. The Morgan fingerprint density at radius 2 is 2.12 bits per heavy atom. The van der Waals surface area contributed by atoms with Crippen LogP contribution < -0.4 is 5.32 Å². The Balaban J connectivity index is 2.80. The molecule has 2 nitrogen and oxygen atoms in total. The van der Waals surface area contributed by atoms with Gasteiger partial charge in [0, 0.05) is 11.4 Å². The Bertz CT molecular complexity index is 411. The molecule has 0 aliphatic rings. The fourth-order valence-corrected chi connectivity index (χ4v) is 2.17. The van der Waals surface area contributed by atoms with Gasteiger partial charge in [-0.15, -0.1) is 0 Å². The summed E-state index contributed by atoms with van der Waals surface area (Å²) >= 11 is 6.42. The number of hydrogen-bond acceptors (Lipinski definition) is 1. The maximum atomic E-state index is 13.7. The highest BCUT2D eigenvalue weighted by Gasteiger charge is 2.18. The van der Waals surface area contributed by atoms with Crippen LogP contribution in [-0.4, -0.2) is 17.3 Å². The highest BCUT2D eigenvalue weighted by atomic mass is 79.9. The van der Waals surface area contributed by atoms with E-state index in [2.05, 4.69) is 37.2 Å². The Labute approximate surface area is 117 Å². The molecule has 0 saturated heterocycles. The van der Waals surface area contributed by atoms with Gasteiger partial charge in [0.1, 0.15) is 5.82 Å². The maximum absolute atomic E-state index is 13.7. The van der Waals surface area contributed by atoms with E-state index >= 15 is 0 Å². The van der Waals surface area contributed by atoms with Crippen molar-refractivity contribution in [3.63, 3.8) is 0 Å². The van der Waals surface area contributed by atoms with Gasteiger partial charge in [0.25, 0.3) is 5.91 Å². The Hall–Kier alpha value is -0.420. The summed E-state index contributed by atoms with van der Waals surface area (Å²) in [5.74, 6) is -0.623. The quantitative estimate of drug-likeness (QED) is 0.808. The van der Waals surface area contributed by atoms with Crippen LogP contribution in [0.2, 0.25) is 0 Å². The third-order valence-corrected chi connectivity index (χ3v) is 4.29. The standard InChI is InChI=1S/C12H14Br2FNO/c1-7(6-13)8(2)16-12(17)9-4-3-5-10(14)11(9)15/h3-5,7-8H,6H2,1-2H3,(H,16,17). The fourth-order valence-electron chi connectivity index (χ4n) is 1.24. The van der Waals surface area contributed by atoms with Gasteiger partial charge in [-0.05, 0) is 40.9 Å². The Morgan fingerprint density at radius 1 is 1.47 bits per heavy atom. The predicted octanol–water partition coefficient (Wildman–Crippen LogP) is 3.74. The number of nitrogens with one attached hydrogen (secondary N) is 1. The van der Waals surface area contributed by atoms with Gasteiger partial charge >= 0.3 is 0 Å². The molecule has 0 fully saturated rings. The van der Waals surface area contributed by atoms with Crippen LogP contribution in [0.25, 0.3) is 0 Å². The third-order valence-electron chi connectivity index (χ3n) is 2.65. The first-order chi connectivity index (χ1) is 7.97. The van der Waals surface area contributed by atoms with Crippen LogP contribution in [0.3, 0.4) is 0 Å². The molecular weight excluding hydrogens is 353 g/mol. The van der Waals surface area contributed by atoms with Crippen molar-refractivity contribution in [1.29, 1.82) is 0 Å². The third kappa shape index (κ3) is 3.78. The van der Waals surface area contributed by atoms with E-state index in [-0.39, 0.29) is 23.4 Å². The lowest BCUT2D eigenvalue weighted by Gasteiger charge is -2.19. The molecule has 0 spiro atoms. The van der Waals surface area contributed by atoms with Crippen LogP contribution >= 0.6 is 31.9 Å². The molecule has 1 aromatic rings. The predicted molar refractivity (Wildman–Crippen MR) is 74.0 cm³/mol. The number of carbonyl (C=O) groups is 1. The van der Waals surface area contributed by atoms with E-state index < -0.39 is 5.82 Å². The number of amides is 1. The number of carbonyl (C=O) groups excluding carboxylic acids is 1. The van der Waals surface area contributed by atoms with E-state index in [4.69, 9.17) is 0 Å². The molecule has 0 aromatic heterocycles. The molecule has 5 heteroatoms. The van der Waals surface area contributed by atoms with Gasteiger partial charge in [-0.25, -0.2) is 4.39 Å². The van der Waals surface area contributed by atoms with Gasteiger partial charge < -0.3 is 5.32 Å². The number of rotatable bonds is 4. The van der Waals surface area contributed by atoms with Crippen LogP contribution in [0.5, 0.6) is 0 Å². The van der Waals surface area contributed by atoms with Crippen LogP contribution in [0.15, 0.2) is 22.7 Å². The fraction of sp³-hybridized carbons (Fsp3) is 0.417. The topological polar surface area (TPSA) is 29.1 Å². The summed E-state index contributed by atoms with van der Waals surface area (Å²) in [6.07, 6.45) is 0. The minimum absolute atomic E-state index is 0.0137. The van der Waals surface area contributed by atoms with Crippen LogP contribution in [0.1, 0.15) is 24.2 Å². The SMILES string of the molecule is CC(CBr)C(C)NC(=O)c1cccc(Br)c1F. The number of hydrogen-bond donors (Lipinski definition) is 1. The molecule has 0 bridgehead atoms. The van der Waals surface area contributed by atoms with Crippen molar-refractivity contribution in [2.45, 2.75) is 19.9 Å². The maximum Gasteiger partial charge on any atom is 0.254 e. The molecule has 0 aliphatic heterocycles. The zero-order valence-electron chi connectivity index (χ0n) is 9.64. The second kappa shape index (κ2) is 6.50. The number of benzene rings is 1. The van der Waals surface area contributed by atoms with Gasteiger partial charge in [-0.3, -0.25) is 4.79 Å². The van der Waals surface area contributed by atoms with Crippen LogP contribution in [0, 0.1) is 11.7 Å². The molecular formula is C12H14Br2FNO. The molecule has 0 saturated carbocycles. The van der Waals surface area contributed by atoms with E-state index in [1.54, 1.807) is 12.1 Å². The Morgan fingerprint density at radius 3 is 2.71 bits per heavy atom. The van der Waals surface area contributed by atoms with Crippen molar-refractivity contribution in [1.82, 2.24) is 5.32 Å². The molecule has 17 heavy (non-hydrogen) atoms. The second-order valence-electron chi connectivity index (χ2n) is 4.00. The summed E-state index contributed by atoms with van der Waals surface area (Å²) in [5.41, 5.74) is 0.0630.